The van der Waals surface area contributed by atoms with Crippen LogP contribution in [-0.2, 0) is 16.1 Å². The van der Waals surface area contributed by atoms with Crippen LogP contribution in [0.4, 0.5) is 0 Å². The topological polar surface area (TPSA) is 72.2 Å². The summed E-state index contributed by atoms with van der Waals surface area (Å²) in [6, 6.07) is 9.65. The van der Waals surface area contributed by atoms with E-state index in [4.69, 9.17) is 5.73 Å². The number of hydrogen-bond acceptors (Lipinski definition) is 2. The first-order valence-corrected chi connectivity index (χ1v) is 8.30. The molecule has 2 amide bonds. The van der Waals surface area contributed by atoms with E-state index in [2.05, 4.69) is 12.2 Å². The molecule has 0 aromatic heterocycles. The fourth-order valence-electron chi connectivity index (χ4n) is 2.59. The summed E-state index contributed by atoms with van der Waals surface area (Å²) in [6.45, 7) is 4.37. The highest BCUT2D eigenvalue weighted by Crippen LogP contribution is 2.30. The van der Waals surface area contributed by atoms with Gasteiger partial charge in [0.2, 0.25) is 11.8 Å². The first-order valence-electron chi connectivity index (χ1n) is 8.30. The number of hydrogen-bond donors (Lipinski definition) is 2. The van der Waals surface area contributed by atoms with Crippen molar-refractivity contribution in [3.05, 3.63) is 48.0 Å². The molecule has 0 fully saturated rings. The minimum atomic E-state index is -1.16. The molecule has 0 radical (unpaired) electrons. The number of primary amides is 1. The van der Waals surface area contributed by atoms with Gasteiger partial charge in [0, 0.05) is 6.54 Å². The second-order valence-electron chi connectivity index (χ2n) is 5.84. The van der Waals surface area contributed by atoms with Crippen molar-refractivity contribution in [2.75, 3.05) is 0 Å². The number of carbonyl (C=O) groups excluding carboxylic acids is 2. The molecule has 0 spiro atoms. The molecule has 4 heteroatoms. The lowest BCUT2D eigenvalue weighted by molar-refractivity contribution is -0.142. The summed E-state index contributed by atoms with van der Waals surface area (Å²) in [5.41, 5.74) is 5.47. The van der Waals surface area contributed by atoms with E-state index in [9.17, 15) is 9.59 Å². The zero-order chi connectivity index (χ0) is 17.1. The fourth-order valence-corrected chi connectivity index (χ4v) is 2.59. The second kappa shape index (κ2) is 9.82. The molecule has 0 saturated carbocycles. The number of rotatable bonds is 10. The van der Waals surface area contributed by atoms with Gasteiger partial charge in [-0.15, -0.1) is 0 Å². The Labute approximate surface area is 139 Å². The monoisotopic (exact) mass is 316 g/mol. The van der Waals surface area contributed by atoms with Crippen molar-refractivity contribution in [3.63, 3.8) is 0 Å². The number of amides is 2. The van der Waals surface area contributed by atoms with Crippen LogP contribution in [0, 0.1) is 5.41 Å². The summed E-state index contributed by atoms with van der Waals surface area (Å²) in [4.78, 5) is 24.8. The third-order valence-corrected chi connectivity index (χ3v) is 4.11. The van der Waals surface area contributed by atoms with Gasteiger partial charge in [0.05, 0.1) is 0 Å². The molecule has 1 atom stereocenters. The minimum absolute atomic E-state index is 0.275. The lowest BCUT2D eigenvalue weighted by Crippen LogP contribution is -2.49. The van der Waals surface area contributed by atoms with Crippen LogP contribution in [-0.4, -0.2) is 11.8 Å². The van der Waals surface area contributed by atoms with Crippen LogP contribution in [0.2, 0.25) is 0 Å². The molecule has 0 aliphatic heterocycles. The predicted molar refractivity (Wildman–Crippen MR) is 93.5 cm³/mol. The molecule has 4 nitrogen and oxygen atoms in total. The molecule has 3 N–H and O–H groups in total. The number of benzene rings is 1. The summed E-state index contributed by atoms with van der Waals surface area (Å²) in [5, 5.41) is 2.88. The number of carbonyl (C=O) groups is 2. The highest BCUT2D eigenvalue weighted by Gasteiger charge is 2.42. The van der Waals surface area contributed by atoms with E-state index in [1.165, 1.54) is 0 Å². The van der Waals surface area contributed by atoms with Crippen LogP contribution in [0.15, 0.2) is 42.5 Å². The van der Waals surface area contributed by atoms with E-state index in [1.54, 1.807) is 0 Å². The van der Waals surface area contributed by atoms with Gasteiger partial charge < -0.3 is 11.1 Å². The van der Waals surface area contributed by atoms with Crippen LogP contribution in [0.1, 0.15) is 51.5 Å². The van der Waals surface area contributed by atoms with Crippen molar-refractivity contribution >= 4 is 11.8 Å². The summed E-state index contributed by atoms with van der Waals surface area (Å²) in [7, 11) is 0. The molecular weight excluding hydrogens is 288 g/mol. The Hall–Kier alpha value is -2.10. The summed E-state index contributed by atoms with van der Waals surface area (Å²) in [6.07, 6.45) is 7.36. The van der Waals surface area contributed by atoms with E-state index >= 15 is 0 Å². The Balaban J connectivity index is 2.86. The van der Waals surface area contributed by atoms with Crippen LogP contribution < -0.4 is 11.1 Å². The zero-order valence-electron chi connectivity index (χ0n) is 14.2. The fraction of sp³-hybridized carbons (Fsp3) is 0.474. The highest BCUT2D eigenvalue weighted by molar-refractivity contribution is 6.04. The lowest BCUT2D eigenvalue weighted by atomic mass is 9.77. The van der Waals surface area contributed by atoms with E-state index < -0.39 is 11.3 Å². The molecule has 1 aromatic rings. The normalized spacial score (nSPS) is 13.7. The van der Waals surface area contributed by atoms with Gasteiger partial charge in [0.15, 0.2) is 0 Å². The first-order chi connectivity index (χ1) is 11.1. The first kappa shape index (κ1) is 18.9. The van der Waals surface area contributed by atoms with Crippen molar-refractivity contribution < 1.29 is 9.59 Å². The lowest BCUT2D eigenvalue weighted by Gasteiger charge is -2.28. The number of nitrogens with two attached hydrogens (primary N) is 1. The van der Waals surface area contributed by atoms with Gasteiger partial charge in [-0.3, -0.25) is 9.59 Å². The smallest absolute Gasteiger partial charge is 0.236 e. The predicted octanol–water partition coefficient (Wildman–Crippen LogP) is 3.32. The van der Waals surface area contributed by atoms with E-state index in [1.807, 2.05) is 49.4 Å². The highest BCUT2D eigenvalue weighted by atomic mass is 16.2. The van der Waals surface area contributed by atoms with Crippen molar-refractivity contribution in [3.8, 4) is 0 Å². The molecular formula is C19H28N2O2. The van der Waals surface area contributed by atoms with Gasteiger partial charge in [0.1, 0.15) is 5.41 Å². The molecule has 23 heavy (non-hydrogen) atoms. The maximum absolute atomic E-state index is 12.7. The number of unbranched alkanes of at least 4 members (excludes halogenated alkanes) is 2. The van der Waals surface area contributed by atoms with E-state index in [0.717, 1.165) is 24.8 Å². The van der Waals surface area contributed by atoms with Gasteiger partial charge >= 0.3 is 0 Å². The molecule has 1 rings (SSSR count). The maximum Gasteiger partial charge on any atom is 0.236 e. The van der Waals surface area contributed by atoms with Crippen LogP contribution >= 0.6 is 0 Å². The van der Waals surface area contributed by atoms with Crippen molar-refractivity contribution in [1.29, 1.82) is 0 Å². The van der Waals surface area contributed by atoms with Crippen LogP contribution in [0.3, 0.4) is 0 Å². The second-order valence-corrected chi connectivity index (χ2v) is 5.84. The summed E-state index contributed by atoms with van der Waals surface area (Å²) < 4.78 is 0. The van der Waals surface area contributed by atoms with E-state index in [-0.39, 0.29) is 5.91 Å². The third kappa shape index (κ3) is 5.55. The third-order valence-electron chi connectivity index (χ3n) is 4.11. The zero-order valence-corrected chi connectivity index (χ0v) is 14.2. The molecule has 0 saturated heterocycles. The Morgan fingerprint density at radius 1 is 1.22 bits per heavy atom. The van der Waals surface area contributed by atoms with Crippen LogP contribution in [0.25, 0.3) is 0 Å². The Morgan fingerprint density at radius 2 is 1.91 bits per heavy atom. The SMILES string of the molecule is C/C=C/CC(CCCCC)(C(N)=O)C(=O)NCc1ccccc1. The van der Waals surface area contributed by atoms with Crippen molar-refractivity contribution in [1.82, 2.24) is 5.32 Å². The number of allylic oxidation sites excluding steroid dienone is 2. The quantitative estimate of drug-likeness (QED) is 0.395. The van der Waals surface area contributed by atoms with Gasteiger partial charge in [-0.1, -0.05) is 68.7 Å². The van der Waals surface area contributed by atoms with Crippen molar-refractivity contribution in [2.24, 2.45) is 11.1 Å². The molecule has 126 valence electrons. The molecule has 1 unspecified atom stereocenters. The molecule has 0 aliphatic carbocycles. The van der Waals surface area contributed by atoms with E-state index in [0.29, 0.717) is 19.4 Å². The average molecular weight is 316 g/mol. The minimum Gasteiger partial charge on any atom is -0.369 e. The molecule has 0 bridgehead atoms. The maximum atomic E-state index is 12.7. The van der Waals surface area contributed by atoms with Crippen LogP contribution in [0.5, 0.6) is 0 Å². The standard InChI is InChI=1S/C19H28N2O2/c1-3-5-10-14-19(17(20)22,13-6-4-2)18(23)21-15-16-11-8-7-9-12-16/h4,6-9,11-12H,3,5,10,13-15H2,1-2H3,(H2,20,22)(H,21,23)/b6-4+. The van der Waals surface area contributed by atoms with Gasteiger partial charge in [0.25, 0.3) is 0 Å². The number of nitrogens with one attached hydrogen (secondary N) is 1. The Kier molecular flexibility index (Phi) is 8.09. The van der Waals surface area contributed by atoms with Gasteiger partial charge in [-0.05, 0) is 25.3 Å². The Bertz CT molecular complexity index is 525. The Morgan fingerprint density at radius 3 is 2.48 bits per heavy atom. The molecule has 0 aliphatic rings. The van der Waals surface area contributed by atoms with Crippen molar-refractivity contribution in [2.45, 2.75) is 52.5 Å². The molecule has 0 heterocycles. The van der Waals surface area contributed by atoms with Gasteiger partial charge in [-0.25, -0.2) is 0 Å². The summed E-state index contributed by atoms with van der Waals surface area (Å²) in [5.74, 6) is -0.819. The largest absolute Gasteiger partial charge is 0.369 e. The van der Waals surface area contributed by atoms with Gasteiger partial charge in [-0.2, -0.15) is 0 Å². The average Bonchev–Trinajstić information content (AvgIpc) is 2.56. The molecule has 1 aromatic carbocycles. The summed E-state index contributed by atoms with van der Waals surface area (Å²) >= 11 is 0.